The van der Waals surface area contributed by atoms with E-state index in [9.17, 15) is 23.2 Å². The molecule has 4 heterocycles. The number of nitrogens with one attached hydrogen (secondary N) is 2. The molecule has 7 rings (SSSR count). The molecule has 12 nitrogen and oxygen atoms in total. The number of hydrogen-bond acceptors (Lipinski definition) is 10. The molecule has 2 unspecified atom stereocenters. The number of carbonyl (C=O) groups excluding carboxylic acids is 3. The number of likely N-dealkylation sites (tertiary alicyclic amines) is 1. The third kappa shape index (κ3) is 9.52. The average Bonchev–Trinajstić information content (AvgIpc) is 3.55. The van der Waals surface area contributed by atoms with Gasteiger partial charge in [0.25, 0.3) is 11.8 Å². The third-order valence-electron chi connectivity index (χ3n) is 12.0. The van der Waals surface area contributed by atoms with E-state index >= 15 is 4.39 Å². The second-order valence-electron chi connectivity index (χ2n) is 16.2. The number of aliphatic hydroxyl groups is 1. The van der Waals surface area contributed by atoms with Gasteiger partial charge in [-0.05, 0) is 106 Å². The first-order valence-electron chi connectivity index (χ1n) is 20.9. The maximum absolute atomic E-state index is 15.4. The Kier molecular flexibility index (Phi) is 13.2. The van der Waals surface area contributed by atoms with Crippen molar-refractivity contribution >= 4 is 34.4 Å². The molecule has 3 aliphatic heterocycles. The Morgan fingerprint density at radius 1 is 0.983 bits per heavy atom. The molecule has 2 fully saturated rings. The summed E-state index contributed by atoms with van der Waals surface area (Å²) in [6.45, 7) is 5.88. The number of halogens is 3. The number of carbonyl (C=O) groups is 3. The van der Waals surface area contributed by atoms with Crippen LogP contribution in [0.15, 0.2) is 48.5 Å². The van der Waals surface area contributed by atoms with Gasteiger partial charge >= 0.3 is 0 Å². The van der Waals surface area contributed by atoms with Crippen LogP contribution >= 0.6 is 0 Å². The number of amides is 3. The van der Waals surface area contributed by atoms with Crippen LogP contribution < -0.4 is 20.1 Å². The highest BCUT2D eigenvalue weighted by atomic mass is 19.3. The minimum atomic E-state index is -3.34. The van der Waals surface area contributed by atoms with Crippen molar-refractivity contribution in [1.29, 1.82) is 0 Å². The Morgan fingerprint density at radius 2 is 1.75 bits per heavy atom. The number of piperidine rings is 2. The van der Waals surface area contributed by atoms with Gasteiger partial charge in [-0.1, -0.05) is 43.5 Å². The Balaban J connectivity index is 0.836. The van der Waals surface area contributed by atoms with E-state index in [2.05, 4.69) is 25.5 Å². The molecule has 3 aliphatic rings. The SMILES string of the molecule is COc1cc2c(NC(C)c3cccc(C(F)(F)CO)c3)nc(C)nc2cc1OCCCCCCCN1CCC(c2cc3c(cc2F)C(=O)N(C2CCC(=O)NC2=O)C3)CC1. The zero-order valence-electron chi connectivity index (χ0n) is 34.4. The smallest absolute Gasteiger partial charge is 0.295 e. The third-order valence-corrected chi connectivity index (χ3v) is 12.0. The molecule has 0 spiro atoms. The fraction of sp³-hybridized carbons (Fsp3) is 0.489. The van der Waals surface area contributed by atoms with Crippen LogP contribution in [0.3, 0.4) is 0 Å². The molecule has 3 N–H and O–H groups in total. The van der Waals surface area contributed by atoms with Crippen LogP contribution in [-0.4, -0.2) is 88.6 Å². The van der Waals surface area contributed by atoms with Crippen LogP contribution in [0.5, 0.6) is 11.5 Å². The van der Waals surface area contributed by atoms with Gasteiger partial charge in [-0.25, -0.2) is 14.4 Å². The zero-order valence-corrected chi connectivity index (χ0v) is 34.4. The number of imide groups is 1. The van der Waals surface area contributed by atoms with E-state index in [4.69, 9.17) is 14.6 Å². The molecular weight excluding hydrogens is 778 g/mol. The minimum absolute atomic E-state index is 0.0681. The van der Waals surface area contributed by atoms with E-state index in [1.807, 2.05) is 25.1 Å². The predicted octanol–water partition coefficient (Wildman–Crippen LogP) is 7.31. The van der Waals surface area contributed by atoms with Crippen LogP contribution in [0, 0.1) is 12.7 Å². The van der Waals surface area contributed by atoms with Crippen molar-refractivity contribution in [3.63, 3.8) is 0 Å². The number of nitrogens with zero attached hydrogens (tertiary/aromatic N) is 4. The number of aliphatic hydroxyl groups excluding tert-OH is 1. The van der Waals surface area contributed by atoms with Gasteiger partial charge in [0, 0.05) is 41.6 Å². The van der Waals surface area contributed by atoms with E-state index in [1.54, 1.807) is 26.2 Å². The predicted molar refractivity (Wildman–Crippen MR) is 220 cm³/mol. The van der Waals surface area contributed by atoms with Gasteiger partial charge in [-0.2, -0.15) is 8.78 Å². The van der Waals surface area contributed by atoms with Crippen LogP contribution in [-0.2, 0) is 22.1 Å². The van der Waals surface area contributed by atoms with Gasteiger partial charge in [-0.3, -0.25) is 19.7 Å². The van der Waals surface area contributed by atoms with Gasteiger partial charge in [-0.15, -0.1) is 0 Å². The molecule has 3 aromatic carbocycles. The molecule has 1 aromatic heterocycles. The summed E-state index contributed by atoms with van der Waals surface area (Å²) < 4.78 is 55.6. The maximum atomic E-state index is 15.4. The van der Waals surface area contributed by atoms with E-state index < -0.39 is 24.5 Å². The molecule has 3 amide bonds. The van der Waals surface area contributed by atoms with E-state index in [0.717, 1.165) is 70.1 Å². The Hall–Kier alpha value is -5.28. The number of unbranched alkanes of at least 4 members (excludes halogenated alkanes) is 4. The van der Waals surface area contributed by atoms with Gasteiger partial charge in [0.1, 0.15) is 30.1 Å². The molecule has 0 bridgehead atoms. The average molecular weight is 831 g/mol. The standard InChI is InChI=1S/C45H53F3N6O6/c1-27(30-10-9-11-32(20-30)45(47,48)26-55)49-42-35-23-39(59-3)40(24-37(35)50-28(2)51-42)60-19-8-6-4-5-7-16-53-17-14-29(15-18-53)33-21-31-25-54(44(58)34(31)22-36(33)46)38-12-13-41(56)52-43(38)57/h9-11,20-24,27,29,38,55H,4-8,12-19,25-26H2,1-3H3,(H,49,50,51)(H,52,56,57). The van der Waals surface area contributed by atoms with E-state index in [1.165, 1.54) is 23.1 Å². The summed E-state index contributed by atoms with van der Waals surface area (Å²) in [6, 6.07) is 11.7. The first kappa shape index (κ1) is 42.8. The monoisotopic (exact) mass is 830 g/mol. The lowest BCUT2D eigenvalue weighted by atomic mass is 9.87. The van der Waals surface area contributed by atoms with E-state index in [0.29, 0.717) is 57.3 Å². The second-order valence-corrected chi connectivity index (χ2v) is 16.2. The quantitative estimate of drug-likeness (QED) is 0.0732. The molecule has 2 atom stereocenters. The summed E-state index contributed by atoms with van der Waals surface area (Å²) in [5.74, 6) is -2.64. The van der Waals surface area contributed by atoms with Crippen LogP contribution in [0.25, 0.3) is 10.9 Å². The van der Waals surface area contributed by atoms with Gasteiger partial charge < -0.3 is 29.7 Å². The van der Waals surface area contributed by atoms with Gasteiger partial charge in [0.15, 0.2) is 11.5 Å². The molecule has 320 valence electrons. The Labute approximate surface area is 347 Å². The number of alkyl halides is 2. The lowest BCUT2D eigenvalue weighted by Gasteiger charge is -2.32. The van der Waals surface area contributed by atoms with Crippen molar-refractivity contribution in [2.45, 2.75) is 102 Å². The maximum Gasteiger partial charge on any atom is 0.295 e. The van der Waals surface area contributed by atoms with Gasteiger partial charge in [0.2, 0.25) is 11.8 Å². The summed E-state index contributed by atoms with van der Waals surface area (Å²) >= 11 is 0. The number of methoxy groups -OCH3 is 1. The van der Waals surface area contributed by atoms with Gasteiger partial charge in [0.05, 0.1) is 19.2 Å². The highest BCUT2D eigenvalue weighted by Crippen LogP contribution is 2.38. The fourth-order valence-corrected chi connectivity index (χ4v) is 8.59. The number of ether oxygens (including phenoxy) is 2. The largest absolute Gasteiger partial charge is 0.493 e. The fourth-order valence-electron chi connectivity index (χ4n) is 8.59. The molecule has 60 heavy (non-hydrogen) atoms. The number of aryl methyl sites for hydroxylation is 1. The van der Waals surface area contributed by atoms with Crippen molar-refractivity contribution in [3.05, 3.63) is 88.0 Å². The lowest BCUT2D eigenvalue weighted by Crippen LogP contribution is -2.52. The number of fused-ring (bicyclic) bond motifs is 2. The molecule has 15 heteroatoms. The number of hydrogen-bond donors (Lipinski definition) is 3. The Morgan fingerprint density at radius 3 is 2.50 bits per heavy atom. The van der Waals surface area contributed by atoms with Crippen LogP contribution in [0.2, 0.25) is 0 Å². The van der Waals surface area contributed by atoms with Crippen LogP contribution in [0.4, 0.5) is 19.0 Å². The number of anilines is 1. The number of benzene rings is 3. The topological polar surface area (TPSA) is 146 Å². The summed E-state index contributed by atoms with van der Waals surface area (Å²) in [6.07, 6.45) is 7.25. The molecule has 0 aliphatic carbocycles. The minimum Gasteiger partial charge on any atom is -0.493 e. The molecule has 4 aromatic rings. The highest BCUT2D eigenvalue weighted by molar-refractivity contribution is 6.05. The molecule has 2 saturated heterocycles. The summed E-state index contributed by atoms with van der Waals surface area (Å²) in [7, 11) is 1.57. The van der Waals surface area contributed by atoms with Crippen molar-refractivity contribution in [2.75, 3.05) is 45.3 Å². The zero-order chi connectivity index (χ0) is 42.6. The number of rotatable bonds is 17. The van der Waals surface area contributed by atoms with Crippen molar-refractivity contribution in [2.24, 2.45) is 0 Å². The summed E-state index contributed by atoms with van der Waals surface area (Å²) in [4.78, 5) is 50.2. The van der Waals surface area contributed by atoms with Crippen LogP contribution in [0.1, 0.15) is 115 Å². The molecule has 0 saturated carbocycles. The molecule has 0 radical (unpaired) electrons. The van der Waals surface area contributed by atoms with Crippen molar-refractivity contribution < 1.29 is 42.1 Å². The van der Waals surface area contributed by atoms with E-state index in [-0.39, 0.29) is 54.5 Å². The first-order valence-corrected chi connectivity index (χ1v) is 20.9. The normalized spacial score (nSPS) is 18.1. The first-order chi connectivity index (χ1) is 28.8. The van der Waals surface area contributed by atoms with Crippen molar-refractivity contribution in [3.8, 4) is 11.5 Å². The second kappa shape index (κ2) is 18.5. The Bertz CT molecular complexity index is 2230. The number of aromatic nitrogens is 2. The lowest BCUT2D eigenvalue weighted by molar-refractivity contribution is -0.136. The highest BCUT2D eigenvalue weighted by Gasteiger charge is 2.40. The summed E-state index contributed by atoms with van der Waals surface area (Å²) in [5, 5.41) is 15.5. The molecular formula is C45H53F3N6O6. The summed E-state index contributed by atoms with van der Waals surface area (Å²) in [5.41, 5.74) is 2.70. The van der Waals surface area contributed by atoms with Crippen molar-refractivity contribution in [1.82, 2.24) is 25.1 Å².